The molecule has 2 aliphatic rings. The molecule has 0 spiro atoms. The third-order valence-electron chi connectivity index (χ3n) is 10.9. The van der Waals surface area contributed by atoms with Crippen molar-refractivity contribution in [1.29, 1.82) is 0 Å². The molecule has 0 bridgehead atoms. The number of hydrogen-bond donors (Lipinski definition) is 0. The van der Waals surface area contributed by atoms with Crippen LogP contribution in [0.4, 0.5) is 42.8 Å². The van der Waals surface area contributed by atoms with Crippen molar-refractivity contribution in [2.45, 2.75) is 0 Å². The lowest BCUT2D eigenvalue weighted by atomic mass is 9.86. The molecule has 7 aromatic carbocycles. The van der Waals surface area contributed by atoms with Crippen LogP contribution in [0, 0.1) is 0 Å². The molecule has 0 aliphatic carbocycles. The zero-order valence-corrected chi connectivity index (χ0v) is 31.5. The van der Waals surface area contributed by atoms with E-state index < -0.39 is 6.97 Å². The minimum atomic E-state index is -4.22. The Hall–Kier alpha value is -7.51. The van der Waals surface area contributed by atoms with Gasteiger partial charge in [-0.2, -0.15) is 0 Å². The summed E-state index contributed by atoms with van der Waals surface area (Å²) in [5.74, 6) is 0. The Labute approximate surface area is 336 Å². The average Bonchev–Trinajstić information content (AvgIpc) is 3.94. The smallest absolute Gasteiger partial charge is 0.395 e. The van der Waals surface area contributed by atoms with Gasteiger partial charge in [-0.1, -0.05) is 127 Å². The summed E-state index contributed by atoms with van der Waals surface area (Å²) in [6.07, 6.45) is 5.13. The molecular weight excluding hydrogens is 717 g/mol. The number of nitrogens with zero attached hydrogens (tertiary/aromatic N) is 4. The van der Waals surface area contributed by atoms with E-state index in [1.165, 1.54) is 8.96 Å². The van der Waals surface area contributed by atoms with Crippen molar-refractivity contribution in [2.24, 2.45) is 0 Å². The number of para-hydroxylation sites is 4. The lowest BCUT2D eigenvalue weighted by molar-refractivity contribution is -0.356. The van der Waals surface area contributed by atoms with E-state index in [0.29, 0.717) is 11.4 Å². The zero-order chi connectivity index (χ0) is 39.1. The predicted molar refractivity (Wildman–Crippen MR) is 236 cm³/mol. The molecule has 8 aromatic rings. The van der Waals surface area contributed by atoms with Gasteiger partial charge in [0.25, 0.3) is 0 Å². The first kappa shape index (κ1) is 34.9. The largest absolute Gasteiger partial charge is 0.737 e. The highest BCUT2D eigenvalue weighted by Gasteiger charge is 2.52. The Morgan fingerprint density at radius 2 is 0.810 bits per heavy atom. The van der Waals surface area contributed by atoms with Crippen LogP contribution in [-0.2, 0) is 0 Å². The third kappa shape index (κ3) is 6.23. The molecule has 0 N–H and O–H groups in total. The summed E-state index contributed by atoms with van der Waals surface area (Å²) >= 11 is 0. The van der Waals surface area contributed by atoms with Crippen LogP contribution in [0.25, 0.3) is 22.3 Å². The zero-order valence-electron chi connectivity index (χ0n) is 31.5. The van der Waals surface area contributed by atoms with E-state index in [-0.39, 0.29) is 0 Å². The van der Waals surface area contributed by atoms with E-state index in [1.54, 1.807) is 12.4 Å². The maximum absolute atomic E-state index is 17.0. The Bertz CT molecular complexity index is 2740. The fourth-order valence-electron chi connectivity index (χ4n) is 8.16. The summed E-state index contributed by atoms with van der Waals surface area (Å²) < 4.78 is 36.3. The second kappa shape index (κ2) is 14.5. The van der Waals surface area contributed by atoms with Crippen LogP contribution in [0.5, 0.6) is 0 Å². The van der Waals surface area contributed by atoms with Gasteiger partial charge in [-0.05, 0) is 107 Å². The molecular formula is C51H37BF2N4. The molecule has 0 amide bonds. The van der Waals surface area contributed by atoms with Crippen LogP contribution in [0.15, 0.2) is 224 Å². The van der Waals surface area contributed by atoms with Crippen LogP contribution in [-0.4, -0.2) is 22.1 Å². The van der Waals surface area contributed by atoms with Crippen LogP contribution in [0.2, 0.25) is 0 Å². The van der Waals surface area contributed by atoms with Crippen LogP contribution < -0.4 is 9.80 Å². The molecule has 0 radical (unpaired) electrons. The molecule has 1 aromatic heterocycles. The van der Waals surface area contributed by atoms with Crippen molar-refractivity contribution < 1.29 is 13.1 Å². The van der Waals surface area contributed by atoms with Crippen LogP contribution in [0.1, 0.15) is 16.8 Å². The SMILES string of the molecule is F[B-]1(F)n2cc(-c3ccc(N(c4ccccc4)c4ccccc4)cc3)cc2C(c2ccccc2)=C2C=C(c3ccc(N(c4ccccc4)c4ccccc4)cc3)C=[N+]21. The van der Waals surface area contributed by atoms with Gasteiger partial charge in [0.1, 0.15) is 6.21 Å². The first-order valence-electron chi connectivity index (χ1n) is 19.4. The number of anilines is 6. The number of halogens is 2. The maximum Gasteiger partial charge on any atom is 0.737 e. The van der Waals surface area contributed by atoms with Crippen molar-refractivity contribution in [3.63, 3.8) is 0 Å². The molecule has 0 saturated heterocycles. The molecule has 2 aliphatic heterocycles. The summed E-state index contributed by atoms with van der Waals surface area (Å²) in [6, 6.07) is 68.9. The standard InChI is InChI=1S/C51H37BF2N4/c53-52(54)55-36-41(38-26-30-47(31-27-38)57(43-18-8-2-9-19-43)44-20-10-3-11-21-44)34-49(55)51(40-16-6-1-7-17-40)50-35-42(37-56(50)52)39-28-32-48(33-29-39)58(45-22-12-4-13-23-45)46-24-14-5-15-25-46/h1-37H. The highest BCUT2D eigenvalue weighted by molar-refractivity contribution is 6.58. The quantitative estimate of drug-likeness (QED) is 0.136. The normalized spacial score (nSPS) is 14.0. The van der Waals surface area contributed by atoms with Gasteiger partial charge in [-0.3, -0.25) is 0 Å². The maximum atomic E-state index is 17.0. The predicted octanol–water partition coefficient (Wildman–Crippen LogP) is 13.3. The van der Waals surface area contributed by atoms with E-state index in [9.17, 15) is 0 Å². The van der Waals surface area contributed by atoms with E-state index in [1.807, 2.05) is 140 Å². The minimum absolute atomic E-state index is 0.485. The fourth-order valence-corrected chi connectivity index (χ4v) is 8.16. The fraction of sp³-hybridized carbons (Fsp3) is 0. The van der Waals surface area contributed by atoms with Crippen molar-refractivity contribution >= 4 is 58.5 Å². The number of fused-ring (bicyclic) bond motifs is 2. The molecule has 3 heterocycles. The Morgan fingerprint density at radius 1 is 0.414 bits per heavy atom. The molecule has 10 rings (SSSR count). The number of benzene rings is 7. The Balaban J connectivity index is 1.03. The van der Waals surface area contributed by atoms with Crippen molar-refractivity contribution in [2.75, 3.05) is 9.80 Å². The summed E-state index contributed by atoms with van der Waals surface area (Å²) in [5, 5.41) is 0. The molecule has 7 heteroatoms. The molecule has 0 atom stereocenters. The second-order valence-electron chi connectivity index (χ2n) is 14.5. The first-order valence-corrected chi connectivity index (χ1v) is 19.4. The number of allylic oxidation sites excluding steroid dienone is 2. The van der Waals surface area contributed by atoms with E-state index in [0.717, 1.165) is 67.5 Å². The Morgan fingerprint density at radius 3 is 1.26 bits per heavy atom. The van der Waals surface area contributed by atoms with Crippen LogP contribution in [0.3, 0.4) is 0 Å². The highest BCUT2D eigenvalue weighted by atomic mass is 19.2. The molecule has 0 fully saturated rings. The summed E-state index contributed by atoms with van der Waals surface area (Å²) in [5.41, 5.74) is 11.8. The van der Waals surface area contributed by atoms with Crippen molar-refractivity contribution in [1.82, 2.24) is 4.48 Å². The lowest BCUT2D eigenvalue weighted by Gasteiger charge is -2.30. The first-order chi connectivity index (χ1) is 28.5. The van der Waals surface area contributed by atoms with Gasteiger partial charge >= 0.3 is 6.97 Å². The lowest BCUT2D eigenvalue weighted by Crippen LogP contribution is -2.49. The Kier molecular flexibility index (Phi) is 8.76. The summed E-state index contributed by atoms with van der Waals surface area (Å²) in [6.45, 7) is -4.22. The van der Waals surface area contributed by atoms with Gasteiger partial charge in [-0.15, -0.1) is 0 Å². The molecule has 58 heavy (non-hydrogen) atoms. The van der Waals surface area contributed by atoms with Gasteiger partial charge in [0.2, 0.25) is 0 Å². The van der Waals surface area contributed by atoms with Crippen LogP contribution >= 0.6 is 0 Å². The minimum Gasteiger partial charge on any atom is -0.395 e. The second-order valence-corrected chi connectivity index (χ2v) is 14.5. The summed E-state index contributed by atoms with van der Waals surface area (Å²) in [4.78, 5) is 4.38. The third-order valence-corrected chi connectivity index (χ3v) is 10.9. The topological polar surface area (TPSA) is 14.4 Å². The van der Waals surface area contributed by atoms with E-state index >= 15 is 8.63 Å². The average molecular weight is 755 g/mol. The van der Waals surface area contributed by atoms with E-state index in [4.69, 9.17) is 0 Å². The van der Waals surface area contributed by atoms with Crippen molar-refractivity contribution in [3.05, 3.63) is 241 Å². The van der Waals surface area contributed by atoms with Gasteiger partial charge < -0.3 is 27.4 Å². The van der Waals surface area contributed by atoms with E-state index in [2.05, 4.69) is 82.6 Å². The number of rotatable bonds is 9. The number of aromatic nitrogens is 1. The number of hydrogen-bond acceptors (Lipinski definition) is 2. The van der Waals surface area contributed by atoms with Gasteiger partial charge in [0.05, 0.1) is 5.57 Å². The van der Waals surface area contributed by atoms with Gasteiger partial charge in [0, 0.05) is 51.5 Å². The van der Waals surface area contributed by atoms with Gasteiger partial charge in [0.15, 0.2) is 5.70 Å². The summed E-state index contributed by atoms with van der Waals surface area (Å²) in [7, 11) is 0. The monoisotopic (exact) mass is 754 g/mol. The molecule has 278 valence electrons. The van der Waals surface area contributed by atoms with Gasteiger partial charge in [-0.25, -0.2) is 0 Å². The molecule has 0 saturated carbocycles. The highest BCUT2D eigenvalue weighted by Crippen LogP contribution is 2.44. The molecule has 0 unspecified atom stereocenters. The molecule has 4 nitrogen and oxygen atoms in total. The van der Waals surface area contributed by atoms with Crippen molar-refractivity contribution in [3.8, 4) is 11.1 Å².